The van der Waals surface area contributed by atoms with Gasteiger partial charge in [0.05, 0.1) is 39.1 Å². The Morgan fingerprint density at radius 3 is 2.60 bits per heavy atom. The lowest BCUT2D eigenvalue weighted by atomic mass is 10.4. The van der Waals surface area contributed by atoms with Crippen molar-refractivity contribution in [2.24, 2.45) is 0 Å². The molecular formula is C7H14O3. The van der Waals surface area contributed by atoms with Gasteiger partial charge in [-0.15, -0.1) is 0 Å². The number of rotatable bonds is 0. The third kappa shape index (κ3) is 3.15. The summed E-state index contributed by atoms with van der Waals surface area (Å²) in [6.45, 7) is 5.44. The zero-order valence-electron chi connectivity index (χ0n) is 6.34. The fraction of sp³-hybridized carbons (Fsp3) is 1.00. The van der Waals surface area contributed by atoms with Gasteiger partial charge in [0.25, 0.3) is 0 Å². The van der Waals surface area contributed by atoms with E-state index < -0.39 is 0 Å². The van der Waals surface area contributed by atoms with E-state index in [2.05, 4.69) is 0 Å². The molecule has 1 saturated heterocycles. The maximum absolute atomic E-state index is 5.31. The first kappa shape index (κ1) is 7.98. The Labute approximate surface area is 61.3 Å². The molecular weight excluding hydrogens is 132 g/mol. The van der Waals surface area contributed by atoms with E-state index in [4.69, 9.17) is 14.2 Å². The van der Waals surface area contributed by atoms with Crippen LogP contribution in [0.25, 0.3) is 0 Å². The monoisotopic (exact) mass is 146 g/mol. The van der Waals surface area contributed by atoms with Gasteiger partial charge in [0.1, 0.15) is 0 Å². The molecule has 1 heterocycles. The highest BCUT2D eigenvalue weighted by Gasteiger charge is 2.03. The van der Waals surface area contributed by atoms with Crippen molar-refractivity contribution < 1.29 is 14.2 Å². The summed E-state index contributed by atoms with van der Waals surface area (Å²) in [5.74, 6) is 0. The summed E-state index contributed by atoms with van der Waals surface area (Å²) in [4.78, 5) is 0. The van der Waals surface area contributed by atoms with Crippen LogP contribution in [0.1, 0.15) is 6.92 Å². The third-order valence-corrected chi connectivity index (χ3v) is 1.35. The fourth-order valence-corrected chi connectivity index (χ4v) is 0.826. The highest BCUT2D eigenvalue weighted by molar-refractivity contribution is 4.48. The third-order valence-electron chi connectivity index (χ3n) is 1.35. The normalized spacial score (nSPS) is 30.3. The molecule has 0 spiro atoms. The SMILES string of the molecule is CC1COCCOCCO1. The lowest BCUT2D eigenvalue weighted by Gasteiger charge is -2.09. The minimum Gasteiger partial charge on any atom is -0.377 e. The molecule has 0 saturated carbocycles. The van der Waals surface area contributed by atoms with Gasteiger partial charge in [0.2, 0.25) is 0 Å². The summed E-state index contributed by atoms with van der Waals surface area (Å²) in [6, 6.07) is 0. The van der Waals surface area contributed by atoms with Crippen molar-refractivity contribution >= 4 is 0 Å². The second-order valence-electron chi connectivity index (χ2n) is 2.37. The first-order chi connectivity index (χ1) is 4.89. The maximum Gasteiger partial charge on any atom is 0.0781 e. The molecule has 60 valence electrons. The molecule has 0 aromatic rings. The van der Waals surface area contributed by atoms with Gasteiger partial charge >= 0.3 is 0 Å². The Kier molecular flexibility index (Phi) is 3.72. The smallest absolute Gasteiger partial charge is 0.0781 e. The Bertz CT molecular complexity index is 74.9. The van der Waals surface area contributed by atoms with Crippen LogP contribution in [0.2, 0.25) is 0 Å². The Morgan fingerprint density at radius 1 is 1.00 bits per heavy atom. The predicted molar refractivity (Wildman–Crippen MR) is 37.1 cm³/mol. The number of hydrogen-bond acceptors (Lipinski definition) is 3. The van der Waals surface area contributed by atoms with E-state index in [9.17, 15) is 0 Å². The second-order valence-corrected chi connectivity index (χ2v) is 2.37. The van der Waals surface area contributed by atoms with Crippen molar-refractivity contribution in [1.82, 2.24) is 0 Å². The summed E-state index contributed by atoms with van der Waals surface area (Å²) in [6.07, 6.45) is 0.210. The summed E-state index contributed by atoms with van der Waals surface area (Å²) >= 11 is 0. The van der Waals surface area contributed by atoms with Crippen molar-refractivity contribution in [2.45, 2.75) is 13.0 Å². The molecule has 0 aromatic heterocycles. The number of hydrogen-bond donors (Lipinski definition) is 0. The fourth-order valence-electron chi connectivity index (χ4n) is 0.826. The minimum absolute atomic E-state index is 0.210. The summed E-state index contributed by atoms with van der Waals surface area (Å²) in [7, 11) is 0. The molecule has 1 fully saturated rings. The van der Waals surface area contributed by atoms with Gasteiger partial charge in [-0.05, 0) is 6.92 Å². The molecule has 0 N–H and O–H groups in total. The molecule has 1 aliphatic heterocycles. The van der Waals surface area contributed by atoms with Crippen molar-refractivity contribution in [3.8, 4) is 0 Å². The Balaban J connectivity index is 2.15. The van der Waals surface area contributed by atoms with Crippen LogP contribution in [0.4, 0.5) is 0 Å². The molecule has 10 heavy (non-hydrogen) atoms. The molecule has 1 atom stereocenters. The van der Waals surface area contributed by atoms with E-state index in [0.29, 0.717) is 33.0 Å². The molecule has 0 aliphatic carbocycles. The molecule has 1 unspecified atom stereocenters. The summed E-state index contributed by atoms with van der Waals surface area (Å²) in [5, 5.41) is 0. The molecule has 3 heteroatoms. The van der Waals surface area contributed by atoms with Gasteiger partial charge < -0.3 is 14.2 Å². The first-order valence-electron chi connectivity index (χ1n) is 3.66. The van der Waals surface area contributed by atoms with Crippen LogP contribution in [-0.2, 0) is 14.2 Å². The van der Waals surface area contributed by atoms with Crippen LogP contribution in [0.3, 0.4) is 0 Å². The van der Waals surface area contributed by atoms with Crippen LogP contribution in [0.5, 0.6) is 0 Å². The molecule has 0 aromatic carbocycles. The summed E-state index contributed by atoms with van der Waals surface area (Å²) in [5.41, 5.74) is 0. The average molecular weight is 146 g/mol. The van der Waals surface area contributed by atoms with Crippen molar-refractivity contribution in [3.05, 3.63) is 0 Å². The molecule has 1 aliphatic rings. The highest BCUT2D eigenvalue weighted by atomic mass is 16.6. The molecule has 3 nitrogen and oxygen atoms in total. The van der Waals surface area contributed by atoms with E-state index >= 15 is 0 Å². The first-order valence-corrected chi connectivity index (χ1v) is 3.66. The Hall–Kier alpha value is -0.120. The second kappa shape index (κ2) is 4.66. The molecule has 0 radical (unpaired) electrons. The van der Waals surface area contributed by atoms with Gasteiger partial charge in [-0.25, -0.2) is 0 Å². The predicted octanol–water partition coefficient (Wildman–Crippen LogP) is 0.438. The lowest BCUT2D eigenvalue weighted by molar-refractivity contribution is 0.00360. The van der Waals surface area contributed by atoms with Gasteiger partial charge in [-0.1, -0.05) is 0 Å². The van der Waals surface area contributed by atoms with Crippen LogP contribution in [-0.4, -0.2) is 39.1 Å². The quantitative estimate of drug-likeness (QED) is 0.496. The largest absolute Gasteiger partial charge is 0.377 e. The van der Waals surface area contributed by atoms with E-state index in [1.165, 1.54) is 0 Å². The van der Waals surface area contributed by atoms with E-state index in [1.807, 2.05) is 6.92 Å². The highest BCUT2D eigenvalue weighted by Crippen LogP contribution is 1.94. The van der Waals surface area contributed by atoms with Gasteiger partial charge in [-0.2, -0.15) is 0 Å². The van der Waals surface area contributed by atoms with Crippen molar-refractivity contribution in [1.29, 1.82) is 0 Å². The zero-order chi connectivity index (χ0) is 7.23. The lowest BCUT2D eigenvalue weighted by Crippen LogP contribution is -2.16. The van der Waals surface area contributed by atoms with Gasteiger partial charge in [0.15, 0.2) is 0 Å². The van der Waals surface area contributed by atoms with E-state index in [-0.39, 0.29) is 6.10 Å². The zero-order valence-corrected chi connectivity index (χ0v) is 6.34. The van der Waals surface area contributed by atoms with Crippen molar-refractivity contribution in [3.63, 3.8) is 0 Å². The van der Waals surface area contributed by atoms with Crippen LogP contribution < -0.4 is 0 Å². The van der Waals surface area contributed by atoms with E-state index in [0.717, 1.165) is 0 Å². The average Bonchev–Trinajstić information content (AvgIpc) is 2.02. The molecule has 1 rings (SSSR count). The molecule has 0 bridgehead atoms. The minimum atomic E-state index is 0.210. The standard InChI is InChI=1S/C7H14O3/c1-7-6-9-3-2-8-4-5-10-7/h7H,2-6H2,1H3. The van der Waals surface area contributed by atoms with Gasteiger partial charge in [0, 0.05) is 0 Å². The molecule has 0 amide bonds. The topological polar surface area (TPSA) is 27.7 Å². The van der Waals surface area contributed by atoms with Crippen LogP contribution in [0, 0.1) is 0 Å². The van der Waals surface area contributed by atoms with Gasteiger partial charge in [-0.3, -0.25) is 0 Å². The van der Waals surface area contributed by atoms with Crippen LogP contribution >= 0.6 is 0 Å². The van der Waals surface area contributed by atoms with E-state index in [1.54, 1.807) is 0 Å². The number of ether oxygens (including phenoxy) is 3. The van der Waals surface area contributed by atoms with Crippen LogP contribution in [0.15, 0.2) is 0 Å². The van der Waals surface area contributed by atoms with Crippen molar-refractivity contribution in [2.75, 3.05) is 33.0 Å². The maximum atomic E-state index is 5.31. The summed E-state index contributed by atoms with van der Waals surface area (Å²) < 4.78 is 15.7. The Morgan fingerprint density at radius 2 is 1.70 bits per heavy atom.